The van der Waals surface area contributed by atoms with E-state index in [2.05, 4.69) is 56.0 Å². The van der Waals surface area contributed by atoms with Crippen LogP contribution in [-0.2, 0) is 6.54 Å². The Balaban J connectivity index is 1.28. The summed E-state index contributed by atoms with van der Waals surface area (Å²) in [4.78, 5) is 18.2. The summed E-state index contributed by atoms with van der Waals surface area (Å²) in [5, 5.41) is 19.8. The fourth-order valence-corrected chi connectivity index (χ4v) is 5.32. The predicted octanol–water partition coefficient (Wildman–Crippen LogP) is 4.96. The molecule has 9 heteroatoms. The van der Waals surface area contributed by atoms with Crippen molar-refractivity contribution in [2.45, 2.75) is 45.2 Å². The van der Waals surface area contributed by atoms with E-state index in [1.807, 2.05) is 24.5 Å². The Hall–Kier alpha value is -3.14. The minimum Gasteiger partial charge on any atom is -0.395 e. The van der Waals surface area contributed by atoms with Crippen molar-refractivity contribution in [2.75, 3.05) is 23.8 Å². The van der Waals surface area contributed by atoms with Gasteiger partial charge in [0.2, 0.25) is 5.95 Å². The number of aliphatic hydroxyl groups is 1. The molecule has 35 heavy (non-hydrogen) atoms. The van der Waals surface area contributed by atoms with Crippen LogP contribution in [0.1, 0.15) is 38.2 Å². The first-order chi connectivity index (χ1) is 17.2. The van der Waals surface area contributed by atoms with Gasteiger partial charge in [-0.15, -0.1) is 0 Å². The second-order valence-electron chi connectivity index (χ2n) is 9.18. The SMILES string of the molecule is CC1CCC(Nc2nccc(Nc3nc4ccc(-c5cncc(CNCCO)c5)cc4s3)n2)CC1. The van der Waals surface area contributed by atoms with Crippen molar-refractivity contribution < 1.29 is 5.11 Å². The molecule has 1 fully saturated rings. The van der Waals surface area contributed by atoms with Gasteiger partial charge in [-0.2, -0.15) is 4.98 Å². The second kappa shape index (κ2) is 11.1. The molecule has 1 saturated carbocycles. The van der Waals surface area contributed by atoms with Crippen LogP contribution < -0.4 is 16.0 Å². The van der Waals surface area contributed by atoms with Gasteiger partial charge in [0, 0.05) is 43.3 Å². The van der Waals surface area contributed by atoms with Crippen molar-refractivity contribution in [1.82, 2.24) is 25.3 Å². The molecule has 0 unspecified atom stereocenters. The van der Waals surface area contributed by atoms with Crippen LogP contribution in [0.2, 0.25) is 0 Å². The van der Waals surface area contributed by atoms with Crippen LogP contribution in [0.3, 0.4) is 0 Å². The van der Waals surface area contributed by atoms with Gasteiger partial charge in [0.15, 0.2) is 5.13 Å². The number of pyridine rings is 1. The van der Waals surface area contributed by atoms with Gasteiger partial charge in [-0.1, -0.05) is 24.3 Å². The largest absolute Gasteiger partial charge is 0.395 e. The minimum absolute atomic E-state index is 0.123. The molecule has 0 aliphatic heterocycles. The summed E-state index contributed by atoms with van der Waals surface area (Å²) < 4.78 is 1.09. The third-order valence-corrected chi connectivity index (χ3v) is 7.31. The molecule has 1 aliphatic rings. The summed E-state index contributed by atoms with van der Waals surface area (Å²) in [6.45, 7) is 3.69. The molecule has 4 N–H and O–H groups in total. The van der Waals surface area contributed by atoms with E-state index in [1.54, 1.807) is 17.5 Å². The number of hydrogen-bond acceptors (Lipinski definition) is 9. The zero-order valence-electron chi connectivity index (χ0n) is 19.9. The molecule has 0 bridgehead atoms. The highest BCUT2D eigenvalue weighted by atomic mass is 32.1. The molecular weight excluding hydrogens is 458 g/mol. The molecule has 1 aliphatic carbocycles. The Labute approximate surface area is 209 Å². The molecule has 0 radical (unpaired) electrons. The number of nitrogens with zero attached hydrogens (tertiary/aromatic N) is 4. The Morgan fingerprint density at radius 1 is 1.03 bits per heavy atom. The van der Waals surface area contributed by atoms with Gasteiger partial charge < -0.3 is 21.1 Å². The Morgan fingerprint density at radius 2 is 1.91 bits per heavy atom. The lowest BCUT2D eigenvalue weighted by Gasteiger charge is -2.26. The van der Waals surface area contributed by atoms with E-state index in [0.29, 0.717) is 25.1 Å². The Bertz CT molecular complexity index is 1270. The molecule has 0 saturated heterocycles. The molecule has 5 rings (SSSR count). The number of anilines is 3. The van der Waals surface area contributed by atoms with Gasteiger partial charge in [0.1, 0.15) is 5.82 Å². The van der Waals surface area contributed by atoms with Gasteiger partial charge in [-0.25, -0.2) is 9.97 Å². The lowest BCUT2D eigenvalue weighted by atomic mass is 9.87. The zero-order valence-corrected chi connectivity index (χ0v) is 20.7. The van der Waals surface area contributed by atoms with Crippen LogP contribution in [-0.4, -0.2) is 44.2 Å². The summed E-state index contributed by atoms with van der Waals surface area (Å²) >= 11 is 1.60. The van der Waals surface area contributed by atoms with Crippen molar-refractivity contribution in [3.8, 4) is 11.1 Å². The van der Waals surface area contributed by atoms with Crippen LogP contribution in [0.15, 0.2) is 48.9 Å². The van der Waals surface area contributed by atoms with E-state index >= 15 is 0 Å². The summed E-state index contributed by atoms with van der Waals surface area (Å²) in [6.07, 6.45) is 10.3. The molecule has 4 aromatic rings. The van der Waals surface area contributed by atoms with Crippen molar-refractivity contribution in [1.29, 1.82) is 0 Å². The van der Waals surface area contributed by atoms with Crippen molar-refractivity contribution in [2.24, 2.45) is 5.92 Å². The minimum atomic E-state index is 0.123. The smallest absolute Gasteiger partial charge is 0.224 e. The third kappa shape index (κ3) is 6.11. The number of nitrogens with one attached hydrogen (secondary N) is 3. The summed E-state index contributed by atoms with van der Waals surface area (Å²) in [5.41, 5.74) is 4.18. The number of benzene rings is 1. The maximum atomic E-state index is 8.96. The predicted molar refractivity (Wildman–Crippen MR) is 142 cm³/mol. The maximum absolute atomic E-state index is 8.96. The zero-order chi connectivity index (χ0) is 24.0. The van der Waals surface area contributed by atoms with E-state index in [1.165, 1.54) is 25.7 Å². The van der Waals surface area contributed by atoms with E-state index in [0.717, 1.165) is 43.8 Å². The number of rotatable bonds is 9. The van der Waals surface area contributed by atoms with Crippen LogP contribution >= 0.6 is 11.3 Å². The fourth-order valence-electron chi connectivity index (χ4n) is 4.41. The Kier molecular flexibility index (Phi) is 7.46. The van der Waals surface area contributed by atoms with Crippen LogP contribution in [0.4, 0.5) is 16.9 Å². The van der Waals surface area contributed by atoms with Gasteiger partial charge in [0.25, 0.3) is 0 Å². The molecule has 182 valence electrons. The molecule has 3 aromatic heterocycles. The number of fused-ring (bicyclic) bond motifs is 1. The number of hydrogen-bond donors (Lipinski definition) is 4. The number of aliphatic hydroxyl groups excluding tert-OH is 1. The van der Waals surface area contributed by atoms with Gasteiger partial charge in [-0.05, 0) is 67.0 Å². The summed E-state index contributed by atoms with van der Waals surface area (Å²) in [6, 6.07) is 10.7. The fraction of sp³-hybridized carbons (Fsp3) is 0.385. The first kappa shape index (κ1) is 23.6. The van der Waals surface area contributed by atoms with Crippen molar-refractivity contribution in [3.05, 3.63) is 54.5 Å². The van der Waals surface area contributed by atoms with Crippen LogP contribution in [0, 0.1) is 5.92 Å². The van der Waals surface area contributed by atoms with E-state index in [-0.39, 0.29) is 6.61 Å². The van der Waals surface area contributed by atoms with Crippen LogP contribution in [0.5, 0.6) is 0 Å². The maximum Gasteiger partial charge on any atom is 0.224 e. The van der Waals surface area contributed by atoms with Crippen molar-refractivity contribution in [3.63, 3.8) is 0 Å². The van der Waals surface area contributed by atoms with Crippen LogP contribution in [0.25, 0.3) is 21.3 Å². The molecule has 0 atom stereocenters. The highest BCUT2D eigenvalue weighted by Gasteiger charge is 2.18. The van der Waals surface area contributed by atoms with Gasteiger partial charge in [-0.3, -0.25) is 4.98 Å². The molecule has 8 nitrogen and oxygen atoms in total. The third-order valence-electron chi connectivity index (χ3n) is 6.37. The first-order valence-electron chi connectivity index (χ1n) is 12.2. The molecule has 3 heterocycles. The standard InChI is InChI=1S/C26H31N7OS/c1-17-2-5-21(6-3-17)30-25-29-9-8-24(32-25)33-26-31-22-7-4-19(13-23(22)35-26)20-12-18(15-28-16-20)14-27-10-11-34/h4,7-9,12-13,15-17,21,27,34H,2-3,5-6,10-11,14H2,1H3,(H2,29,30,31,32,33). The van der Waals surface area contributed by atoms with E-state index < -0.39 is 0 Å². The van der Waals surface area contributed by atoms with Crippen molar-refractivity contribution >= 4 is 38.5 Å². The second-order valence-corrected chi connectivity index (χ2v) is 10.2. The van der Waals surface area contributed by atoms with E-state index in [9.17, 15) is 0 Å². The quantitative estimate of drug-likeness (QED) is 0.244. The molecule has 0 amide bonds. The highest BCUT2D eigenvalue weighted by Crippen LogP contribution is 2.32. The topological polar surface area (TPSA) is 108 Å². The average molecular weight is 490 g/mol. The molecular formula is C26H31N7OS. The molecule has 1 aromatic carbocycles. The lowest BCUT2D eigenvalue weighted by Crippen LogP contribution is -2.26. The first-order valence-corrected chi connectivity index (χ1v) is 13.0. The molecule has 0 spiro atoms. The number of thiazole rings is 1. The highest BCUT2D eigenvalue weighted by molar-refractivity contribution is 7.22. The monoisotopic (exact) mass is 489 g/mol. The number of aromatic nitrogens is 4. The summed E-state index contributed by atoms with van der Waals surface area (Å²) in [7, 11) is 0. The van der Waals surface area contributed by atoms with Gasteiger partial charge in [0.05, 0.1) is 16.8 Å². The average Bonchev–Trinajstić information content (AvgIpc) is 3.27. The normalized spacial score (nSPS) is 18.0. The Morgan fingerprint density at radius 3 is 2.77 bits per heavy atom. The van der Waals surface area contributed by atoms with E-state index in [4.69, 9.17) is 10.1 Å². The van der Waals surface area contributed by atoms with Gasteiger partial charge >= 0.3 is 0 Å². The lowest BCUT2D eigenvalue weighted by molar-refractivity contribution is 0.292. The summed E-state index contributed by atoms with van der Waals surface area (Å²) in [5.74, 6) is 2.22.